The fraction of sp³-hybridized carbons (Fsp3) is 0.143. The maximum absolute atomic E-state index is 12.3. The van der Waals surface area contributed by atoms with Crippen molar-refractivity contribution in [2.75, 3.05) is 11.9 Å². The summed E-state index contributed by atoms with van der Waals surface area (Å²) >= 11 is 0. The lowest BCUT2D eigenvalue weighted by Crippen LogP contribution is -2.87. The molecule has 3 N–H and O–H groups in total. The lowest BCUT2D eigenvalue weighted by molar-refractivity contribution is -0.678. The average Bonchev–Trinajstić information content (AvgIpc) is 3.17. The zero-order valence-electron chi connectivity index (χ0n) is 14.5. The number of furan rings is 1. The highest BCUT2D eigenvalue weighted by Crippen LogP contribution is 2.18. The summed E-state index contributed by atoms with van der Waals surface area (Å²) in [5, 5.41) is 4.77. The van der Waals surface area contributed by atoms with E-state index in [1.165, 1.54) is 6.92 Å². The van der Waals surface area contributed by atoms with E-state index in [0.29, 0.717) is 11.3 Å². The van der Waals surface area contributed by atoms with Gasteiger partial charge in [0.15, 0.2) is 24.1 Å². The number of quaternary nitrogens is 1. The zero-order chi connectivity index (χ0) is 18.4. The molecule has 1 aromatic heterocycles. The van der Waals surface area contributed by atoms with Gasteiger partial charge in [-0.3, -0.25) is 9.59 Å². The fourth-order valence-corrected chi connectivity index (χ4v) is 2.80. The van der Waals surface area contributed by atoms with Gasteiger partial charge < -0.3 is 15.1 Å². The SMILES string of the molecule is CC(=O)c1cccc(NC(=O)C[NH2+][C@@H](c2ccccc2)c2ccco2)c1. The number of anilines is 1. The standard InChI is InChI=1S/C21H20N2O3/c1-15(24)17-9-5-10-18(13-17)23-20(25)14-22-21(19-11-6-12-26-19)16-7-3-2-4-8-16/h2-13,21-22H,14H2,1H3,(H,23,25)/p+1/t21-/m0/s1. The van der Waals surface area contributed by atoms with Crippen LogP contribution in [0.4, 0.5) is 5.69 Å². The third kappa shape index (κ3) is 4.46. The van der Waals surface area contributed by atoms with Crippen LogP contribution >= 0.6 is 0 Å². The van der Waals surface area contributed by atoms with Crippen molar-refractivity contribution in [1.29, 1.82) is 0 Å². The lowest BCUT2D eigenvalue weighted by atomic mass is 10.0. The topological polar surface area (TPSA) is 75.9 Å². The number of Topliss-reactive ketones (excluding diaryl/α,β-unsaturated/α-hetero) is 1. The highest BCUT2D eigenvalue weighted by Gasteiger charge is 2.21. The fourth-order valence-electron chi connectivity index (χ4n) is 2.80. The molecule has 0 radical (unpaired) electrons. The molecule has 1 amide bonds. The first-order chi connectivity index (χ1) is 12.6. The van der Waals surface area contributed by atoms with E-state index in [4.69, 9.17) is 4.42 Å². The summed E-state index contributed by atoms with van der Waals surface area (Å²) in [5.41, 5.74) is 2.25. The number of nitrogens with one attached hydrogen (secondary N) is 1. The molecule has 2 aromatic carbocycles. The highest BCUT2D eigenvalue weighted by atomic mass is 16.3. The summed E-state index contributed by atoms with van der Waals surface area (Å²) in [4.78, 5) is 23.8. The van der Waals surface area contributed by atoms with Gasteiger partial charge in [-0.05, 0) is 31.2 Å². The molecule has 3 rings (SSSR count). The Labute approximate surface area is 152 Å². The van der Waals surface area contributed by atoms with Crippen LogP contribution in [0.1, 0.15) is 34.6 Å². The van der Waals surface area contributed by atoms with Crippen LogP contribution in [0.3, 0.4) is 0 Å². The molecule has 3 aromatic rings. The van der Waals surface area contributed by atoms with Crippen LogP contribution in [0.5, 0.6) is 0 Å². The molecule has 1 heterocycles. The Morgan fingerprint density at radius 2 is 1.85 bits per heavy atom. The molecular formula is C21H21N2O3+. The van der Waals surface area contributed by atoms with Gasteiger partial charge >= 0.3 is 0 Å². The number of carbonyl (C=O) groups is 2. The summed E-state index contributed by atoms with van der Waals surface area (Å²) in [6.07, 6.45) is 1.63. The second-order valence-corrected chi connectivity index (χ2v) is 6.03. The van der Waals surface area contributed by atoms with E-state index in [2.05, 4.69) is 5.32 Å². The third-order valence-electron chi connectivity index (χ3n) is 4.10. The van der Waals surface area contributed by atoms with Crippen molar-refractivity contribution >= 4 is 17.4 Å². The summed E-state index contributed by atoms with van der Waals surface area (Å²) in [7, 11) is 0. The quantitative estimate of drug-likeness (QED) is 0.644. The molecule has 0 aliphatic carbocycles. The van der Waals surface area contributed by atoms with Crippen molar-refractivity contribution in [3.05, 3.63) is 89.9 Å². The first kappa shape index (κ1) is 17.6. The summed E-state index contributed by atoms with van der Waals surface area (Å²) in [6, 6.07) is 20.5. The smallest absolute Gasteiger partial charge is 0.279 e. The van der Waals surface area contributed by atoms with E-state index >= 15 is 0 Å². The predicted octanol–water partition coefficient (Wildman–Crippen LogP) is 2.77. The molecule has 0 fully saturated rings. The van der Waals surface area contributed by atoms with E-state index in [0.717, 1.165) is 11.3 Å². The Kier molecular flexibility index (Phi) is 5.61. The third-order valence-corrected chi connectivity index (χ3v) is 4.10. The van der Waals surface area contributed by atoms with Gasteiger partial charge in [0.2, 0.25) is 0 Å². The minimum Gasteiger partial charge on any atom is -0.463 e. The van der Waals surface area contributed by atoms with Crippen molar-refractivity contribution in [2.24, 2.45) is 0 Å². The molecule has 1 atom stereocenters. The molecule has 0 spiro atoms. The summed E-state index contributed by atoms with van der Waals surface area (Å²) in [6.45, 7) is 1.73. The van der Waals surface area contributed by atoms with E-state index in [9.17, 15) is 9.59 Å². The number of amides is 1. The van der Waals surface area contributed by atoms with Crippen LogP contribution < -0.4 is 10.6 Å². The lowest BCUT2D eigenvalue weighted by Gasteiger charge is -2.14. The number of hydrogen-bond acceptors (Lipinski definition) is 3. The van der Waals surface area contributed by atoms with Gasteiger partial charge in [0, 0.05) is 16.8 Å². The normalized spacial score (nSPS) is 11.7. The molecule has 132 valence electrons. The first-order valence-corrected chi connectivity index (χ1v) is 8.46. The van der Waals surface area contributed by atoms with Gasteiger partial charge in [0.1, 0.15) is 0 Å². The van der Waals surface area contributed by atoms with Crippen LogP contribution in [-0.4, -0.2) is 18.2 Å². The number of carbonyl (C=O) groups excluding carboxylic acids is 2. The van der Waals surface area contributed by atoms with Crippen molar-refractivity contribution in [3.8, 4) is 0 Å². The van der Waals surface area contributed by atoms with Gasteiger partial charge in [0.25, 0.3) is 5.91 Å². The summed E-state index contributed by atoms with van der Waals surface area (Å²) in [5.74, 6) is 0.621. The largest absolute Gasteiger partial charge is 0.463 e. The second-order valence-electron chi connectivity index (χ2n) is 6.03. The van der Waals surface area contributed by atoms with Crippen molar-refractivity contribution in [1.82, 2.24) is 0 Å². The molecule has 0 aliphatic rings. The molecule has 0 bridgehead atoms. The van der Waals surface area contributed by atoms with Gasteiger partial charge in [-0.25, -0.2) is 0 Å². The molecule has 26 heavy (non-hydrogen) atoms. The molecule has 5 heteroatoms. The Bertz CT molecular complexity index is 873. The van der Waals surface area contributed by atoms with Gasteiger partial charge in [-0.2, -0.15) is 0 Å². The molecule has 0 saturated carbocycles. The number of benzene rings is 2. The van der Waals surface area contributed by atoms with Gasteiger partial charge in [-0.1, -0.05) is 42.5 Å². The minimum absolute atomic E-state index is 0.0328. The summed E-state index contributed by atoms with van der Waals surface area (Å²) < 4.78 is 5.54. The molecule has 0 saturated heterocycles. The number of nitrogens with two attached hydrogens (primary N) is 1. The van der Waals surface area contributed by atoms with E-state index in [1.54, 1.807) is 30.5 Å². The highest BCUT2D eigenvalue weighted by molar-refractivity contribution is 5.97. The number of rotatable bonds is 7. The van der Waals surface area contributed by atoms with E-state index in [1.807, 2.05) is 47.8 Å². The first-order valence-electron chi connectivity index (χ1n) is 8.46. The molecule has 0 unspecified atom stereocenters. The van der Waals surface area contributed by atoms with Crippen LogP contribution in [0.2, 0.25) is 0 Å². The van der Waals surface area contributed by atoms with E-state index in [-0.39, 0.29) is 24.3 Å². The van der Waals surface area contributed by atoms with Crippen molar-refractivity contribution in [3.63, 3.8) is 0 Å². The Hall–Kier alpha value is -3.18. The Morgan fingerprint density at radius 1 is 1.04 bits per heavy atom. The predicted molar refractivity (Wildman–Crippen MR) is 98.9 cm³/mol. The second kappa shape index (κ2) is 8.27. The maximum Gasteiger partial charge on any atom is 0.279 e. The minimum atomic E-state index is -0.141. The average molecular weight is 349 g/mol. The monoisotopic (exact) mass is 349 g/mol. The van der Waals surface area contributed by atoms with Crippen LogP contribution in [0.15, 0.2) is 77.4 Å². The molecule has 0 aliphatic heterocycles. The van der Waals surface area contributed by atoms with Crippen molar-refractivity contribution in [2.45, 2.75) is 13.0 Å². The zero-order valence-corrected chi connectivity index (χ0v) is 14.5. The van der Waals surface area contributed by atoms with Gasteiger partial charge in [-0.15, -0.1) is 0 Å². The van der Waals surface area contributed by atoms with Crippen LogP contribution in [0, 0.1) is 0 Å². The maximum atomic E-state index is 12.3. The Balaban J connectivity index is 1.67. The number of hydrogen-bond donors (Lipinski definition) is 2. The van der Waals surface area contributed by atoms with Gasteiger partial charge in [0.05, 0.1) is 6.26 Å². The molecular weight excluding hydrogens is 328 g/mol. The number of ketones is 1. The van der Waals surface area contributed by atoms with Crippen LogP contribution in [0.25, 0.3) is 0 Å². The Morgan fingerprint density at radius 3 is 2.54 bits per heavy atom. The van der Waals surface area contributed by atoms with Crippen molar-refractivity contribution < 1.29 is 19.3 Å². The van der Waals surface area contributed by atoms with E-state index < -0.39 is 0 Å². The molecule has 5 nitrogen and oxygen atoms in total. The van der Waals surface area contributed by atoms with Crippen LogP contribution in [-0.2, 0) is 4.79 Å².